The van der Waals surface area contributed by atoms with Gasteiger partial charge in [-0.2, -0.15) is 11.2 Å². The van der Waals surface area contributed by atoms with E-state index < -0.39 is 23.8 Å². The molecule has 13 heteroatoms. The largest absolute Gasteiger partial charge is 0.456 e. The number of hydrogen-bond acceptors (Lipinski definition) is 8. The zero-order chi connectivity index (χ0) is 27.2. The zero-order valence-electron chi connectivity index (χ0n) is 20.1. The van der Waals surface area contributed by atoms with Gasteiger partial charge >= 0.3 is 0 Å². The van der Waals surface area contributed by atoms with Crippen LogP contribution in [0, 0.1) is 42.6 Å². The molecule has 40 heavy (non-hydrogen) atoms. The summed E-state index contributed by atoms with van der Waals surface area (Å²) in [6.45, 7) is 1.62. The van der Waals surface area contributed by atoms with E-state index in [1.54, 1.807) is 6.67 Å². The normalized spacial score (nSPS) is 12.2. The maximum Gasteiger partial charge on any atom is 0.130 e. The third-order valence-corrected chi connectivity index (χ3v) is 5.14. The molecule has 0 saturated carbocycles. The van der Waals surface area contributed by atoms with E-state index >= 15 is 0 Å². The van der Waals surface area contributed by atoms with Crippen LogP contribution in [-0.4, -0.2) is 30.8 Å². The molecule has 0 fully saturated rings. The van der Waals surface area contributed by atoms with Crippen LogP contribution >= 0.6 is 0 Å². The molecule has 0 spiro atoms. The van der Waals surface area contributed by atoms with Crippen LogP contribution in [0.4, 0.5) is 28.9 Å². The van der Waals surface area contributed by atoms with Gasteiger partial charge in [0.2, 0.25) is 0 Å². The standard InChI is InChI=1S/C19H12F2N4.C8H3F2N4.Pt/c20-17-12-11-16(18(21)22-17)25-13-24(15-9-5-2-6-10-15)19(23-25)14-7-3-1-4-8-14;9-6-2-1-5(7(10)14-6)8-12-3-11-4-13-8;/h1-10,12-13H;2-4H;/q-2;-1;. The molecule has 0 unspecified atom stereocenters. The van der Waals surface area contributed by atoms with E-state index in [2.05, 4.69) is 42.2 Å². The van der Waals surface area contributed by atoms with Gasteiger partial charge in [-0.25, -0.2) is 13.8 Å². The van der Waals surface area contributed by atoms with Crippen LogP contribution in [0.2, 0.25) is 0 Å². The first-order valence-electron chi connectivity index (χ1n) is 11.2. The third kappa shape index (κ3) is 6.52. The monoisotopic (exact) mass is 722 g/mol. The van der Waals surface area contributed by atoms with E-state index in [-0.39, 0.29) is 38.1 Å². The molecule has 6 rings (SSSR count). The summed E-state index contributed by atoms with van der Waals surface area (Å²) in [5.41, 5.74) is 1.60. The molecule has 0 aliphatic carbocycles. The van der Waals surface area contributed by atoms with Gasteiger partial charge in [-0.3, -0.25) is 23.7 Å². The molecule has 2 aromatic carbocycles. The molecular formula is C27H15F4N8Pt-3. The number of aromatic nitrogens is 5. The number of anilines is 2. The fourth-order valence-corrected chi connectivity index (χ4v) is 3.43. The third-order valence-electron chi connectivity index (χ3n) is 5.14. The van der Waals surface area contributed by atoms with Crippen LogP contribution in [-0.2, 0) is 21.1 Å². The van der Waals surface area contributed by atoms with Crippen molar-refractivity contribution in [2.24, 2.45) is 5.10 Å². The van der Waals surface area contributed by atoms with Gasteiger partial charge in [-0.15, -0.1) is 18.8 Å². The van der Waals surface area contributed by atoms with E-state index in [4.69, 9.17) is 0 Å². The molecule has 0 radical (unpaired) electrons. The minimum atomic E-state index is -0.990. The number of halogens is 4. The molecule has 0 atom stereocenters. The summed E-state index contributed by atoms with van der Waals surface area (Å²) in [6.07, 6.45) is 2.41. The Bertz CT molecular complexity index is 1600. The van der Waals surface area contributed by atoms with Crippen molar-refractivity contribution in [3.8, 4) is 11.4 Å². The van der Waals surface area contributed by atoms with Gasteiger partial charge in [0.1, 0.15) is 36.3 Å². The second-order valence-corrected chi connectivity index (χ2v) is 7.67. The number of amidine groups is 1. The summed E-state index contributed by atoms with van der Waals surface area (Å²) in [4.78, 5) is 18.9. The van der Waals surface area contributed by atoms with E-state index in [0.717, 1.165) is 23.4 Å². The van der Waals surface area contributed by atoms with Gasteiger partial charge in [0.25, 0.3) is 0 Å². The summed E-state index contributed by atoms with van der Waals surface area (Å²) in [5, 5.41) is 5.77. The Balaban J connectivity index is 0.000000210. The Morgan fingerprint density at radius 1 is 0.725 bits per heavy atom. The molecule has 4 heterocycles. The van der Waals surface area contributed by atoms with Crippen molar-refractivity contribution in [1.29, 1.82) is 0 Å². The molecule has 5 aromatic rings. The van der Waals surface area contributed by atoms with E-state index in [1.807, 2.05) is 65.6 Å². The molecule has 0 N–H and O–H groups in total. The van der Waals surface area contributed by atoms with Crippen LogP contribution in [0.5, 0.6) is 0 Å². The number of pyridine rings is 2. The van der Waals surface area contributed by atoms with Crippen molar-refractivity contribution >= 4 is 17.2 Å². The molecular weight excluding hydrogens is 707 g/mol. The van der Waals surface area contributed by atoms with Gasteiger partial charge < -0.3 is 14.9 Å². The van der Waals surface area contributed by atoms with Gasteiger partial charge in [0.15, 0.2) is 0 Å². The minimum absolute atomic E-state index is 0. The molecule has 1 aliphatic rings. The Kier molecular flexibility index (Phi) is 9.23. The molecule has 8 nitrogen and oxygen atoms in total. The van der Waals surface area contributed by atoms with Gasteiger partial charge in [0.05, 0.1) is 11.8 Å². The van der Waals surface area contributed by atoms with Crippen molar-refractivity contribution in [1.82, 2.24) is 24.9 Å². The minimum Gasteiger partial charge on any atom is -0.456 e. The molecule has 0 saturated heterocycles. The van der Waals surface area contributed by atoms with Crippen LogP contribution in [0.3, 0.4) is 0 Å². The SMILES string of the molecule is Fc1c[c-]c(-c2ncncn2)c(F)n1.Fc1c[c-]c(N2[CH-]N(c3ccccc3)C(c3ccccc3)=N2)c(F)n1.[Pt]. The topological polar surface area (TPSA) is 83.3 Å². The second kappa shape index (κ2) is 13.0. The molecule has 0 amide bonds. The number of para-hydroxylation sites is 1. The fraction of sp³-hybridized carbons (Fsp3) is 0. The number of nitrogens with zero attached hydrogens (tertiary/aromatic N) is 8. The second-order valence-electron chi connectivity index (χ2n) is 7.67. The molecule has 3 aromatic heterocycles. The maximum atomic E-state index is 14.0. The average Bonchev–Trinajstić information content (AvgIpc) is 3.40. The van der Waals surface area contributed by atoms with Crippen molar-refractivity contribution in [2.45, 2.75) is 0 Å². The molecule has 1 aliphatic heterocycles. The van der Waals surface area contributed by atoms with Crippen LogP contribution < -0.4 is 9.91 Å². The average molecular weight is 723 g/mol. The van der Waals surface area contributed by atoms with Crippen molar-refractivity contribution in [2.75, 3.05) is 9.91 Å². The van der Waals surface area contributed by atoms with E-state index in [0.29, 0.717) is 5.84 Å². The molecule has 204 valence electrons. The smallest absolute Gasteiger partial charge is 0.130 e. The van der Waals surface area contributed by atoms with Gasteiger partial charge in [-0.1, -0.05) is 60.2 Å². The van der Waals surface area contributed by atoms with E-state index in [9.17, 15) is 17.6 Å². The fourth-order valence-electron chi connectivity index (χ4n) is 3.43. The van der Waals surface area contributed by atoms with E-state index in [1.165, 1.54) is 17.7 Å². The first-order chi connectivity index (χ1) is 19.0. The van der Waals surface area contributed by atoms with Gasteiger partial charge in [0, 0.05) is 32.3 Å². The first kappa shape index (κ1) is 28.4. The number of hydrazone groups is 1. The number of hydrogen-bond donors (Lipinski definition) is 0. The van der Waals surface area contributed by atoms with Gasteiger partial charge in [-0.05, 0) is 17.8 Å². The van der Waals surface area contributed by atoms with Crippen LogP contribution in [0.25, 0.3) is 11.4 Å². The Morgan fingerprint density at radius 3 is 1.95 bits per heavy atom. The Morgan fingerprint density at radius 2 is 1.32 bits per heavy atom. The maximum absolute atomic E-state index is 14.0. The number of benzene rings is 2. The Labute approximate surface area is 240 Å². The van der Waals surface area contributed by atoms with Crippen molar-refractivity contribution in [3.05, 3.63) is 134 Å². The summed E-state index contributed by atoms with van der Waals surface area (Å²) >= 11 is 0. The zero-order valence-corrected chi connectivity index (χ0v) is 22.3. The molecule has 0 bridgehead atoms. The van der Waals surface area contributed by atoms with Crippen LogP contribution in [0.1, 0.15) is 5.56 Å². The summed E-state index contributed by atoms with van der Waals surface area (Å²) in [5.74, 6) is -3.12. The predicted octanol–water partition coefficient (Wildman–Crippen LogP) is 4.98. The summed E-state index contributed by atoms with van der Waals surface area (Å²) in [7, 11) is 0. The van der Waals surface area contributed by atoms with Crippen molar-refractivity contribution < 1.29 is 38.6 Å². The predicted molar refractivity (Wildman–Crippen MR) is 133 cm³/mol. The van der Waals surface area contributed by atoms with Crippen LogP contribution in [0.15, 0.2) is 90.6 Å². The first-order valence-corrected chi connectivity index (χ1v) is 11.2. The Hall–Kier alpha value is -4.57. The summed E-state index contributed by atoms with van der Waals surface area (Å²) < 4.78 is 52.6. The van der Waals surface area contributed by atoms with Crippen molar-refractivity contribution in [3.63, 3.8) is 0 Å². The number of rotatable bonds is 4. The summed E-state index contributed by atoms with van der Waals surface area (Å²) in [6, 6.07) is 25.9. The quantitative estimate of drug-likeness (QED) is 0.147.